The summed E-state index contributed by atoms with van der Waals surface area (Å²) in [6.07, 6.45) is 1.02. The van der Waals surface area contributed by atoms with Crippen LogP contribution >= 0.6 is 0 Å². The Hall–Kier alpha value is -4.34. The minimum Gasteiger partial charge on any atom is -0.493 e. The van der Waals surface area contributed by atoms with Crippen LogP contribution in [0.3, 0.4) is 0 Å². The summed E-state index contributed by atoms with van der Waals surface area (Å²) in [5.41, 5.74) is -1.46. The Kier molecular flexibility index (Phi) is 6.74. The van der Waals surface area contributed by atoms with Crippen LogP contribution in [0.4, 0.5) is 5.69 Å². The molecule has 0 aliphatic carbocycles. The molecule has 0 spiro atoms. The Morgan fingerprint density at radius 1 is 1.00 bits per heavy atom. The van der Waals surface area contributed by atoms with Gasteiger partial charge in [-0.1, -0.05) is 12.1 Å². The Labute approximate surface area is 182 Å². The van der Waals surface area contributed by atoms with Crippen molar-refractivity contribution in [2.24, 2.45) is 0 Å². The van der Waals surface area contributed by atoms with Gasteiger partial charge in [-0.3, -0.25) is 9.59 Å². The first-order valence-electron chi connectivity index (χ1n) is 9.55. The van der Waals surface area contributed by atoms with Crippen LogP contribution in [0.25, 0.3) is 5.69 Å². The van der Waals surface area contributed by atoms with Gasteiger partial charge in [0.25, 0.3) is 11.5 Å². The number of benzene rings is 2. The van der Waals surface area contributed by atoms with Crippen LogP contribution in [0, 0.1) is 0 Å². The van der Waals surface area contributed by atoms with Crippen molar-refractivity contribution < 1.29 is 23.8 Å². The van der Waals surface area contributed by atoms with Crippen molar-refractivity contribution >= 4 is 17.6 Å². The predicted octanol–water partition coefficient (Wildman–Crippen LogP) is 1.97. The van der Waals surface area contributed by atoms with Gasteiger partial charge in [0.05, 0.1) is 37.8 Å². The molecule has 1 heterocycles. The molecule has 0 aliphatic rings. The number of carbonyl (C=O) groups is 2. The molecule has 1 amide bonds. The van der Waals surface area contributed by atoms with Crippen molar-refractivity contribution in [1.82, 2.24) is 9.55 Å². The third-order valence-corrected chi connectivity index (χ3v) is 4.52. The average molecular weight is 439 g/mol. The first kappa shape index (κ1) is 22.3. The highest BCUT2D eigenvalue weighted by Crippen LogP contribution is 2.28. The summed E-state index contributed by atoms with van der Waals surface area (Å²) in [5.74, 6) is -0.718. The van der Waals surface area contributed by atoms with Gasteiger partial charge < -0.3 is 24.5 Å². The number of rotatable bonds is 7. The number of para-hydroxylation sites is 1. The van der Waals surface area contributed by atoms with Crippen molar-refractivity contribution in [1.29, 1.82) is 0 Å². The second-order valence-corrected chi connectivity index (χ2v) is 6.41. The number of amides is 1. The topological polar surface area (TPSA) is 129 Å². The number of ether oxygens (including phenoxy) is 3. The second kappa shape index (κ2) is 9.65. The molecule has 32 heavy (non-hydrogen) atoms. The Balaban J connectivity index is 2.02. The minimum atomic E-state index is -0.855. The fourth-order valence-corrected chi connectivity index (χ4v) is 3.00. The zero-order chi connectivity index (χ0) is 23.3. The monoisotopic (exact) mass is 439 g/mol. The number of carbonyl (C=O) groups excluding carboxylic acids is 2. The molecule has 3 rings (SSSR count). The van der Waals surface area contributed by atoms with Crippen LogP contribution in [-0.2, 0) is 4.74 Å². The van der Waals surface area contributed by atoms with Crippen LogP contribution in [-0.4, -0.2) is 42.3 Å². The van der Waals surface area contributed by atoms with E-state index in [4.69, 9.17) is 14.2 Å². The molecule has 0 unspecified atom stereocenters. The van der Waals surface area contributed by atoms with Gasteiger partial charge in [0.15, 0.2) is 11.5 Å². The van der Waals surface area contributed by atoms with E-state index in [0.29, 0.717) is 11.5 Å². The largest absolute Gasteiger partial charge is 0.493 e. The number of hydrogen-bond donors (Lipinski definition) is 2. The maximum absolute atomic E-state index is 13.0. The van der Waals surface area contributed by atoms with Crippen molar-refractivity contribution in [2.45, 2.75) is 6.92 Å². The molecule has 166 valence electrons. The number of methoxy groups -OCH3 is 2. The van der Waals surface area contributed by atoms with Gasteiger partial charge in [-0.05, 0) is 31.2 Å². The normalized spacial score (nSPS) is 10.3. The highest BCUT2D eigenvalue weighted by Gasteiger charge is 2.20. The summed E-state index contributed by atoms with van der Waals surface area (Å²) >= 11 is 0. The van der Waals surface area contributed by atoms with Gasteiger partial charge in [-0.15, -0.1) is 0 Å². The van der Waals surface area contributed by atoms with E-state index in [-0.39, 0.29) is 29.1 Å². The predicted molar refractivity (Wildman–Crippen MR) is 116 cm³/mol. The van der Waals surface area contributed by atoms with Gasteiger partial charge in [0, 0.05) is 12.3 Å². The van der Waals surface area contributed by atoms with Crippen molar-refractivity contribution in [3.05, 3.63) is 80.6 Å². The molecule has 0 fully saturated rings. The van der Waals surface area contributed by atoms with Crippen molar-refractivity contribution in [3.8, 4) is 17.2 Å². The van der Waals surface area contributed by atoms with Crippen LogP contribution in [0.2, 0.25) is 0 Å². The summed E-state index contributed by atoms with van der Waals surface area (Å²) in [6.45, 7) is 1.83. The van der Waals surface area contributed by atoms with Crippen LogP contribution in [0.5, 0.6) is 11.5 Å². The Bertz CT molecular complexity index is 1280. The maximum Gasteiger partial charge on any atom is 0.340 e. The summed E-state index contributed by atoms with van der Waals surface area (Å²) in [7, 11) is 2.87. The van der Waals surface area contributed by atoms with Crippen molar-refractivity contribution in [2.75, 3.05) is 26.1 Å². The molecule has 0 radical (unpaired) electrons. The summed E-state index contributed by atoms with van der Waals surface area (Å²) in [4.78, 5) is 52.8. The lowest BCUT2D eigenvalue weighted by Crippen LogP contribution is -2.38. The lowest BCUT2D eigenvalue weighted by Gasteiger charge is -2.12. The number of H-pyrrole nitrogens is 1. The molecule has 2 aromatic carbocycles. The fourth-order valence-electron chi connectivity index (χ4n) is 3.00. The molecule has 0 aliphatic heterocycles. The molecule has 0 saturated carbocycles. The van der Waals surface area contributed by atoms with E-state index in [9.17, 15) is 19.2 Å². The molecule has 2 N–H and O–H groups in total. The molecule has 0 saturated heterocycles. The van der Waals surface area contributed by atoms with E-state index in [0.717, 1.165) is 10.8 Å². The second-order valence-electron chi connectivity index (χ2n) is 6.41. The van der Waals surface area contributed by atoms with Gasteiger partial charge in [-0.2, -0.15) is 0 Å². The smallest absolute Gasteiger partial charge is 0.340 e. The highest BCUT2D eigenvalue weighted by atomic mass is 16.5. The van der Waals surface area contributed by atoms with Gasteiger partial charge in [-0.25, -0.2) is 14.2 Å². The van der Waals surface area contributed by atoms with E-state index in [1.165, 1.54) is 44.6 Å². The summed E-state index contributed by atoms with van der Waals surface area (Å²) in [6, 6.07) is 10.7. The molecular weight excluding hydrogens is 418 g/mol. The van der Waals surface area contributed by atoms with E-state index >= 15 is 0 Å². The summed E-state index contributed by atoms with van der Waals surface area (Å²) in [5, 5.41) is 2.53. The maximum atomic E-state index is 13.0. The molecule has 1 aromatic heterocycles. The van der Waals surface area contributed by atoms with Crippen molar-refractivity contribution in [3.63, 3.8) is 0 Å². The third kappa shape index (κ3) is 4.38. The highest BCUT2D eigenvalue weighted by molar-refractivity contribution is 6.07. The lowest BCUT2D eigenvalue weighted by atomic mass is 10.1. The zero-order valence-corrected chi connectivity index (χ0v) is 17.6. The SMILES string of the molecule is CCOC(=O)c1ccccc1NC(=O)c1c[nH]c(=O)n(-c2ccc(OC)c(OC)c2)c1=O. The number of hydrogen-bond acceptors (Lipinski definition) is 7. The Morgan fingerprint density at radius 3 is 2.41 bits per heavy atom. The average Bonchev–Trinajstić information content (AvgIpc) is 2.79. The lowest BCUT2D eigenvalue weighted by molar-refractivity contribution is 0.0527. The van der Waals surface area contributed by atoms with E-state index in [2.05, 4.69) is 10.3 Å². The number of nitrogens with zero attached hydrogens (tertiary/aromatic N) is 1. The van der Waals surface area contributed by atoms with Gasteiger partial charge >= 0.3 is 11.7 Å². The standard InChI is InChI=1S/C22H21N3O7/c1-4-32-21(28)14-7-5-6-8-16(14)24-19(26)15-12-23-22(29)25(20(15)27)13-9-10-17(30-2)18(11-13)31-3/h5-12H,4H2,1-3H3,(H,23,29)(H,24,26). The number of anilines is 1. The fraction of sp³-hybridized carbons (Fsp3) is 0.182. The van der Waals surface area contributed by atoms with Crippen LogP contribution in [0.15, 0.2) is 58.3 Å². The third-order valence-electron chi connectivity index (χ3n) is 4.52. The zero-order valence-electron chi connectivity index (χ0n) is 17.6. The molecule has 10 heteroatoms. The van der Waals surface area contributed by atoms with E-state index in [1.807, 2.05) is 0 Å². The molecule has 10 nitrogen and oxygen atoms in total. The molecule has 0 atom stereocenters. The number of aromatic nitrogens is 2. The number of esters is 1. The minimum absolute atomic E-state index is 0.132. The van der Waals surface area contributed by atoms with E-state index < -0.39 is 23.1 Å². The first-order chi connectivity index (χ1) is 15.4. The Morgan fingerprint density at radius 2 is 1.72 bits per heavy atom. The molecule has 3 aromatic rings. The summed E-state index contributed by atoms with van der Waals surface area (Å²) < 4.78 is 16.2. The van der Waals surface area contributed by atoms with Crippen LogP contribution in [0.1, 0.15) is 27.6 Å². The number of aromatic amines is 1. The molecular formula is C22H21N3O7. The number of nitrogens with one attached hydrogen (secondary N) is 2. The molecule has 0 bridgehead atoms. The quantitative estimate of drug-likeness (QED) is 0.539. The van der Waals surface area contributed by atoms with Crippen LogP contribution < -0.4 is 26.0 Å². The first-order valence-corrected chi connectivity index (χ1v) is 9.55. The van der Waals surface area contributed by atoms with E-state index in [1.54, 1.807) is 19.1 Å². The van der Waals surface area contributed by atoms with Gasteiger partial charge in [0.1, 0.15) is 5.56 Å². The van der Waals surface area contributed by atoms with Gasteiger partial charge in [0.2, 0.25) is 0 Å².